The first-order valence-electron chi connectivity index (χ1n) is 8.94. The number of benzene rings is 1. The normalized spacial score (nSPS) is 11.6. The largest absolute Gasteiger partial charge is 0.508 e. The second kappa shape index (κ2) is 7.79. The van der Waals surface area contributed by atoms with Gasteiger partial charge in [0.05, 0.1) is 0 Å². The van der Waals surface area contributed by atoms with Crippen LogP contribution in [0.3, 0.4) is 0 Å². The standard InChI is InChI=1S/C19H24N4O4/c1-12(2)11-23-17-15(18(25)21-19(23)26)22(9-4-10-27-3)16(20-17)13-5-7-14(24)8-6-13/h5-8,12,24H,4,9-11H2,1-3H3,(H,21,25,26). The van der Waals surface area contributed by atoms with Crippen LogP contribution in [0, 0.1) is 5.92 Å². The molecule has 8 nitrogen and oxygen atoms in total. The minimum Gasteiger partial charge on any atom is -0.508 e. The Balaban J connectivity index is 2.28. The number of ether oxygens (including phenoxy) is 1. The number of aromatic nitrogens is 4. The van der Waals surface area contributed by atoms with Gasteiger partial charge < -0.3 is 14.4 Å². The van der Waals surface area contributed by atoms with Crippen LogP contribution in [0.1, 0.15) is 20.3 Å². The molecule has 0 fully saturated rings. The zero-order valence-electron chi connectivity index (χ0n) is 15.7. The Hall–Kier alpha value is -2.87. The number of H-pyrrole nitrogens is 1. The van der Waals surface area contributed by atoms with Crippen molar-refractivity contribution >= 4 is 11.2 Å². The zero-order chi connectivity index (χ0) is 19.6. The van der Waals surface area contributed by atoms with Gasteiger partial charge in [0.2, 0.25) is 0 Å². The Kier molecular flexibility index (Phi) is 5.46. The molecule has 2 aromatic heterocycles. The number of aromatic amines is 1. The van der Waals surface area contributed by atoms with Crippen LogP contribution in [0.2, 0.25) is 0 Å². The molecule has 0 aliphatic heterocycles. The van der Waals surface area contributed by atoms with E-state index in [0.29, 0.717) is 43.1 Å². The number of methoxy groups -OCH3 is 1. The van der Waals surface area contributed by atoms with Gasteiger partial charge in [0.15, 0.2) is 11.2 Å². The molecule has 8 heteroatoms. The van der Waals surface area contributed by atoms with Gasteiger partial charge in [-0.05, 0) is 36.6 Å². The Labute approximate surface area is 156 Å². The third kappa shape index (κ3) is 3.80. The van der Waals surface area contributed by atoms with E-state index < -0.39 is 11.2 Å². The van der Waals surface area contributed by atoms with Crippen molar-refractivity contribution in [1.82, 2.24) is 19.1 Å². The summed E-state index contributed by atoms with van der Waals surface area (Å²) < 4.78 is 8.46. The number of nitrogens with one attached hydrogen (secondary N) is 1. The van der Waals surface area contributed by atoms with Crippen molar-refractivity contribution in [3.8, 4) is 17.1 Å². The number of fused-ring (bicyclic) bond motifs is 1. The van der Waals surface area contributed by atoms with Gasteiger partial charge >= 0.3 is 5.69 Å². The second-order valence-corrected chi connectivity index (χ2v) is 6.92. The first-order valence-corrected chi connectivity index (χ1v) is 8.94. The third-order valence-electron chi connectivity index (χ3n) is 4.29. The molecule has 2 heterocycles. The maximum Gasteiger partial charge on any atom is 0.330 e. The lowest BCUT2D eigenvalue weighted by Crippen LogP contribution is -2.32. The summed E-state index contributed by atoms with van der Waals surface area (Å²) in [6.45, 7) is 5.51. The molecule has 2 N–H and O–H groups in total. The van der Waals surface area contributed by atoms with E-state index in [4.69, 9.17) is 4.74 Å². The Morgan fingerprint density at radius 3 is 2.52 bits per heavy atom. The van der Waals surface area contributed by atoms with Crippen LogP contribution in [0.25, 0.3) is 22.6 Å². The van der Waals surface area contributed by atoms with Crippen molar-refractivity contribution in [2.75, 3.05) is 13.7 Å². The topological polar surface area (TPSA) is 102 Å². The lowest BCUT2D eigenvalue weighted by Gasteiger charge is -2.10. The van der Waals surface area contributed by atoms with Gasteiger partial charge in [-0.1, -0.05) is 13.8 Å². The molecule has 0 bridgehead atoms. The van der Waals surface area contributed by atoms with Gasteiger partial charge in [0.1, 0.15) is 11.6 Å². The molecule has 0 amide bonds. The van der Waals surface area contributed by atoms with Crippen molar-refractivity contribution in [3.05, 3.63) is 45.1 Å². The monoisotopic (exact) mass is 372 g/mol. The molecule has 0 radical (unpaired) electrons. The molecule has 0 aliphatic rings. The number of phenolic OH excluding ortho intramolecular Hbond substituents is 1. The van der Waals surface area contributed by atoms with Crippen LogP contribution in [-0.4, -0.2) is 37.9 Å². The number of aromatic hydroxyl groups is 1. The fraction of sp³-hybridized carbons (Fsp3) is 0.421. The molecule has 0 unspecified atom stereocenters. The molecule has 3 aromatic rings. The summed E-state index contributed by atoms with van der Waals surface area (Å²) in [5.74, 6) is 0.942. The number of hydrogen-bond donors (Lipinski definition) is 2. The van der Waals surface area contributed by atoms with Crippen LogP contribution in [0.5, 0.6) is 5.75 Å². The third-order valence-corrected chi connectivity index (χ3v) is 4.29. The quantitative estimate of drug-likeness (QED) is 0.617. The van der Waals surface area contributed by atoms with Crippen molar-refractivity contribution in [3.63, 3.8) is 0 Å². The highest BCUT2D eigenvalue weighted by Gasteiger charge is 2.20. The Bertz CT molecular complexity index is 1040. The zero-order valence-corrected chi connectivity index (χ0v) is 15.7. The smallest absolute Gasteiger partial charge is 0.330 e. The fourth-order valence-corrected chi connectivity index (χ4v) is 3.12. The summed E-state index contributed by atoms with van der Waals surface area (Å²) in [6, 6.07) is 6.62. The summed E-state index contributed by atoms with van der Waals surface area (Å²) in [5, 5.41) is 9.57. The van der Waals surface area contributed by atoms with E-state index in [1.165, 1.54) is 4.57 Å². The molecule has 0 aliphatic carbocycles. The van der Waals surface area contributed by atoms with Crippen LogP contribution < -0.4 is 11.2 Å². The molecular formula is C19H24N4O4. The highest BCUT2D eigenvalue weighted by atomic mass is 16.5. The highest BCUT2D eigenvalue weighted by Crippen LogP contribution is 2.25. The van der Waals surface area contributed by atoms with E-state index in [2.05, 4.69) is 9.97 Å². The summed E-state index contributed by atoms with van der Waals surface area (Å²) in [5.41, 5.74) is 0.585. The number of imidazole rings is 1. The lowest BCUT2D eigenvalue weighted by atomic mass is 10.2. The van der Waals surface area contributed by atoms with E-state index in [0.717, 1.165) is 5.56 Å². The van der Waals surface area contributed by atoms with Crippen molar-refractivity contribution in [2.24, 2.45) is 5.92 Å². The van der Waals surface area contributed by atoms with E-state index >= 15 is 0 Å². The van der Waals surface area contributed by atoms with Crippen molar-refractivity contribution < 1.29 is 9.84 Å². The summed E-state index contributed by atoms with van der Waals surface area (Å²) >= 11 is 0. The number of rotatable bonds is 7. The Morgan fingerprint density at radius 1 is 1.19 bits per heavy atom. The predicted molar refractivity (Wildman–Crippen MR) is 103 cm³/mol. The molecule has 3 rings (SSSR count). The molecule has 0 spiro atoms. The van der Waals surface area contributed by atoms with Crippen LogP contribution in [0.4, 0.5) is 0 Å². The minimum absolute atomic E-state index is 0.148. The number of aryl methyl sites for hydroxylation is 1. The summed E-state index contributed by atoms with van der Waals surface area (Å²) in [7, 11) is 1.63. The molecule has 144 valence electrons. The van der Waals surface area contributed by atoms with Gasteiger partial charge in [0.25, 0.3) is 5.56 Å². The maximum absolute atomic E-state index is 12.6. The summed E-state index contributed by atoms with van der Waals surface area (Å²) in [4.78, 5) is 32.0. The van der Waals surface area contributed by atoms with Crippen LogP contribution >= 0.6 is 0 Å². The van der Waals surface area contributed by atoms with Gasteiger partial charge in [-0.3, -0.25) is 14.3 Å². The van der Waals surface area contributed by atoms with Gasteiger partial charge in [0, 0.05) is 32.4 Å². The van der Waals surface area contributed by atoms with E-state index in [9.17, 15) is 14.7 Å². The molecule has 0 saturated heterocycles. The van der Waals surface area contributed by atoms with E-state index in [1.54, 1.807) is 31.4 Å². The van der Waals surface area contributed by atoms with Gasteiger partial charge in [-0.25, -0.2) is 9.78 Å². The first kappa shape index (κ1) is 18.9. The maximum atomic E-state index is 12.6. The van der Waals surface area contributed by atoms with Crippen LogP contribution in [-0.2, 0) is 17.8 Å². The number of phenols is 1. The predicted octanol–water partition coefficient (Wildman–Crippen LogP) is 1.95. The highest BCUT2D eigenvalue weighted by molar-refractivity contribution is 5.77. The molecule has 0 saturated carbocycles. The lowest BCUT2D eigenvalue weighted by molar-refractivity contribution is 0.191. The van der Waals surface area contributed by atoms with Crippen LogP contribution in [0.15, 0.2) is 33.9 Å². The minimum atomic E-state index is -0.458. The molecule has 1 aromatic carbocycles. The average Bonchev–Trinajstić information content (AvgIpc) is 2.99. The number of hydrogen-bond acceptors (Lipinski definition) is 5. The fourth-order valence-electron chi connectivity index (χ4n) is 3.12. The summed E-state index contributed by atoms with van der Waals surface area (Å²) in [6.07, 6.45) is 0.690. The molecule has 27 heavy (non-hydrogen) atoms. The molecular weight excluding hydrogens is 348 g/mol. The first-order chi connectivity index (χ1) is 12.9. The van der Waals surface area contributed by atoms with Gasteiger partial charge in [-0.15, -0.1) is 0 Å². The Morgan fingerprint density at radius 2 is 1.89 bits per heavy atom. The van der Waals surface area contributed by atoms with Gasteiger partial charge in [-0.2, -0.15) is 0 Å². The number of nitrogens with zero attached hydrogens (tertiary/aromatic N) is 3. The average molecular weight is 372 g/mol. The van der Waals surface area contributed by atoms with E-state index in [-0.39, 0.29) is 11.7 Å². The van der Waals surface area contributed by atoms with E-state index in [1.807, 2.05) is 18.4 Å². The SMILES string of the molecule is COCCCn1c(-c2ccc(O)cc2)nc2c1c(=O)[nH]c(=O)n2CC(C)C. The van der Waals surface area contributed by atoms with Crippen molar-refractivity contribution in [2.45, 2.75) is 33.4 Å². The second-order valence-electron chi connectivity index (χ2n) is 6.92. The van der Waals surface area contributed by atoms with Crippen molar-refractivity contribution in [1.29, 1.82) is 0 Å². The molecule has 0 atom stereocenters.